The van der Waals surface area contributed by atoms with Gasteiger partial charge in [-0.1, -0.05) is 30.3 Å². The fourth-order valence-corrected chi connectivity index (χ4v) is 4.67. The molecule has 1 aliphatic rings. The molecule has 1 heterocycles. The van der Waals surface area contributed by atoms with Gasteiger partial charge in [-0.3, -0.25) is 25.2 Å². The Morgan fingerprint density at radius 1 is 1.11 bits per heavy atom. The molecule has 148 valence electrons. The predicted octanol–water partition coefficient (Wildman–Crippen LogP) is 0.480. The van der Waals surface area contributed by atoms with Crippen LogP contribution >= 0.6 is 0 Å². The molecule has 1 aromatic carbocycles. The fourth-order valence-electron chi connectivity index (χ4n) is 2.81. The van der Waals surface area contributed by atoms with Crippen molar-refractivity contribution >= 4 is 27.6 Å². The van der Waals surface area contributed by atoms with Gasteiger partial charge in [0.25, 0.3) is 5.91 Å². The van der Waals surface area contributed by atoms with Gasteiger partial charge in [0.1, 0.15) is 0 Å². The molecule has 1 aromatic rings. The van der Waals surface area contributed by atoms with Crippen LogP contribution in [-0.2, 0) is 34.4 Å². The van der Waals surface area contributed by atoms with Gasteiger partial charge in [-0.05, 0) is 31.7 Å². The number of hydrogen-bond acceptors (Lipinski definition) is 6. The van der Waals surface area contributed by atoms with Crippen LogP contribution in [0, 0.1) is 5.92 Å². The number of hydrazine groups is 1. The van der Waals surface area contributed by atoms with Crippen molar-refractivity contribution in [2.24, 2.45) is 5.92 Å². The summed E-state index contributed by atoms with van der Waals surface area (Å²) in [4.78, 5) is 35.8. The lowest BCUT2D eigenvalue weighted by atomic mass is 9.85. The lowest BCUT2D eigenvalue weighted by Gasteiger charge is -2.22. The molecule has 0 radical (unpaired) electrons. The first kappa shape index (κ1) is 20.9. The van der Waals surface area contributed by atoms with Gasteiger partial charge in [0, 0.05) is 6.42 Å². The zero-order chi connectivity index (χ0) is 20.1. The second-order valence-electron chi connectivity index (χ2n) is 7.14. The van der Waals surface area contributed by atoms with E-state index in [0.717, 1.165) is 5.56 Å². The van der Waals surface area contributed by atoms with Gasteiger partial charge < -0.3 is 4.74 Å². The van der Waals surface area contributed by atoms with Crippen LogP contribution < -0.4 is 10.9 Å². The van der Waals surface area contributed by atoms with Crippen LogP contribution in [0.1, 0.15) is 32.3 Å². The van der Waals surface area contributed by atoms with Crippen LogP contribution in [0.5, 0.6) is 0 Å². The molecule has 0 bridgehead atoms. The van der Waals surface area contributed by atoms with Crippen LogP contribution in [0.3, 0.4) is 0 Å². The number of hydrogen-bond donors (Lipinski definition) is 2. The van der Waals surface area contributed by atoms with E-state index in [0.29, 0.717) is 6.42 Å². The Balaban J connectivity index is 1.73. The van der Waals surface area contributed by atoms with E-state index < -0.39 is 39.6 Å². The van der Waals surface area contributed by atoms with Crippen molar-refractivity contribution in [3.8, 4) is 0 Å². The van der Waals surface area contributed by atoms with Gasteiger partial charge in [-0.25, -0.2) is 8.42 Å². The number of esters is 1. The molecule has 27 heavy (non-hydrogen) atoms. The maximum Gasteiger partial charge on any atom is 0.316 e. The average molecular weight is 396 g/mol. The van der Waals surface area contributed by atoms with Crippen molar-refractivity contribution in [3.05, 3.63) is 35.9 Å². The predicted molar refractivity (Wildman–Crippen MR) is 98.1 cm³/mol. The van der Waals surface area contributed by atoms with Gasteiger partial charge in [0.2, 0.25) is 5.91 Å². The highest BCUT2D eigenvalue weighted by molar-refractivity contribution is 7.91. The van der Waals surface area contributed by atoms with E-state index in [1.165, 1.54) is 0 Å². The number of amides is 2. The van der Waals surface area contributed by atoms with Crippen LogP contribution in [0.15, 0.2) is 30.3 Å². The highest BCUT2D eigenvalue weighted by Gasteiger charge is 2.32. The number of benzene rings is 1. The second kappa shape index (κ2) is 8.51. The van der Waals surface area contributed by atoms with Gasteiger partial charge in [0.15, 0.2) is 16.4 Å². The average Bonchev–Trinajstić information content (AvgIpc) is 2.96. The Hall–Kier alpha value is -2.42. The lowest BCUT2D eigenvalue weighted by Crippen LogP contribution is -2.45. The first-order chi connectivity index (χ1) is 12.6. The minimum absolute atomic E-state index is 0.0133. The zero-order valence-electron chi connectivity index (χ0n) is 15.4. The van der Waals surface area contributed by atoms with Crippen molar-refractivity contribution < 1.29 is 27.5 Å². The smallest absolute Gasteiger partial charge is 0.316 e. The third-order valence-electron chi connectivity index (χ3n) is 4.48. The Morgan fingerprint density at radius 2 is 1.74 bits per heavy atom. The van der Waals surface area contributed by atoms with E-state index in [2.05, 4.69) is 10.9 Å². The Kier molecular flexibility index (Phi) is 6.59. The maximum atomic E-state index is 12.3. The molecule has 2 N–H and O–H groups in total. The number of carbonyl (C=O) groups is 3. The van der Waals surface area contributed by atoms with Gasteiger partial charge in [-0.2, -0.15) is 0 Å². The molecule has 0 spiro atoms. The van der Waals surface area contributed by atoms with Gasteiger partial charge in [-0.15, -0.1) is 0 Å². The summed E-state index contributed by atoms with van der Waals surface area (Å²) < 4.78 is 27.8. The van der Waals surface area contributed by atoms with Crippen molar-refractivity contribution in [2.45, 2.75) is 32.1 Å². The largest absolute Gasteiger partial charge is 0.455 e. The molecule has 9 heteroatoms. The quantitative estimate of drug-likeness (QED) is 0.533. The van der Waals surface area contributed by atoms with Crippen LogP contribution in [-0.4, -0.2) is 44.3 Å². The maximum absolute atomic E-state index is 12.3. The molecule has 1 atom stereocenters. The Bertz CT molecular complexity index is 804. The monoisotopic (exact) mass is 396 g/mol. The van der Waals surface area contributed by atoms with E-state index in [-0.39, 0.29) is 23.8 Å². The van der Waals surface area contributed by atoms with Gasteiger partial charge >= 0.3 is 5.97 Å². The molecular weight excluding hydrogens is 372 g/mol. The molecule has 8 nitrogen and oxygen atoms in total. The number of rotatable bonds is 6. The summed E-state index contributed by atoms with van der Waals surface area (Å²) in [5.41, 5.74) is 4.21. The Labute approximate surface area is 158 Å². The molecule has 2 rings (SSSR count). The highest BCUT2D eigenvalue weighted by atomic mass is 32.2. The topological polar surface area (TPSA) is 119 Å². The molecule has 1 saturated heterocycles. The number of nitrogens with one attached hydrogen (secondary N) is 2. The van der Waals surface area contributed by atoms with E-state index in [1.807, 2.05) is 18.2 Å². The Morgan fingerprint density at radius 3 is 2.33 bits per heavy atom. The molecule has 0 aromatic heterocycles. The van der Waals surface area contributed by atoms with Crippen LogP contribution in [0.25, 0.3) is 0 Å². The molecule has 2 amide bonds. The van der Waals surface area contributed by atoms with E-state index in [9.17, 15) is 22.8 Å². The number of sulfone groups is 1. The minimum Gasteiger partial charge on any atom is -0.455 e. The normalized spacial score (nSPS) is 18.5. The molecule has 0 aliphatic carbocycles. The van der Waals surface area contributed by atoms with Crippen LogP contribution in [0.4, 0.5) is 0 Å². The standard InChI is InChI=1S/C18H24N2O6S/c1-18(2,14-6-4-3-5-7-14)17(23)26-11-16(22)20-19-15(21)10-13-8-9-27(24,25)12-13/h3-7,13H,8-12H2,1-2H3,(H,19,21)(H,20,22)/t13-/m0/s1. The van der Waals surface area contributed by atoms with E-state index in [1.54, 1.807) is 26.0 Å². The summed E-state index contributed by atoms with van der Waals surface area (Å²) in [5, 5.41) is 0. The fraction of sp³-hybridized carbons (Fsp3) is 0.500. The summed E-state index contributed by atoms with van der Waals surface area (Å²) in [7, 11) is -3.05. The van der Waals surface area contributed by atoms with E-state index >= 15 is 0 Å². The third kappa shape index (κ3) is 6.06. The molecule has 0 saturated carbocycles. The first-order valence-electron chi connectivity index (χ1n) is 8.61. The second-order valence-corrected chi connectivity index (χ2v) is 9.37. The van der Waals surface area contributed by atoms with E-state index in [4.69, 9.17) is 4.74 Å². The lowest BCUT2D eigenvalue weighted by molar-refractivity contribution is -0.153. The first-order valence-corrected chi connectivity index (χ1v) is 10.4. The SMILES string of the molecule is CC(C)(C(=O)OCC(=O)NNC(=O)C[C@@H]1CCS(=O)(=O)C1)c1ccccc1. The summed E-state index contributed by atoms with van der Waals surface area (Å²) in [6.45, 7) is 2.85. The molecular formula is C18H24N2O6S. The third-order valence-corrected chi connectivity index (χ3v) is 6.32. The minimum atomic E-state index is -3.05. The van der Waals surface area contributed by atoms with Crippen molar-refractivity contribution in [1.29, 1.82) is 0 Å². The molecule has 1 fully saturated rings. The zero-order valence-corrected chi connectivity index (χ0v) is 16.2. The molecule has 1 aliphatic heterocycles. The summed E-state index contributed by atoms with van der Waals surface area (Å²) >= 11 is 0. The number of ether oxygens (including phenoxy) is 1. The van der Waals surface area contributed by atoms with Gasteiger partial charge in [0.05, 0.1) is 16.9 Å². The summed E-state index contributed by atoms with van der Waals surface area (Å²) in [5.74, 6) is -1.89. The summed E-state index contributed by atoms with van der Waals surface area (Å²) in [6, 6.07) is 9.04. The summed E-state index contributed by atoms with van der Waals surface area (Å²) in [6.07, 6.45) is 0.455. The van der Waals surface area contributed by atoms with Crippen LogP contribution in [0.2, 0.25) is 0 Å². The number of carbonyl (C=O) groups excluding carboxylic acids is 3. The molecule has 0 unspecified atom stereocenters. The van der Waals surface area contributed by atoms with Crippen molar-refractivity contribution in [2.75, 3.05) is 18.1 Å². The van der Waals surface area contributed by atoms with Crippen molar-refractivity contribution in [1.82, 2.24) is 10.9 Å². The highest BCUT2D eigenvalue weighted by Crippen LogP contribution is 2.24. The van der Waals surface area contributed by atoms with Crippen molar-refractivity contribution in [3.63, 3.8) is 0 Å².